The Morgan fingerprint density at radius 2 is 1.68 bits per heavy atom. The van der Waals surface area contributed by atoms with Crippen LogP contribution in [0.1, 0.15) is 71.5 Å². The van der Waals surface area contributed by atoms with E-state index < -0.39 is 12.1 Å². The zero-order chi connectivity index (χ0) is 28.8. The largest absolute Gasteiger partial charge is 0.390 e. The van der Waals surface area contributed by atoms with E-state index in [1.807, 2.05) is 65.6 Å². The van der Waals surface area contributed by atoms with Crippen molar-refractivity contribution in [2.75, 3.05) is 18.0 Å². The van der Waals surface area contributed by atoms with Crippen LogP contribution in [0.3, 0.4) is 0 Å². The molecular weight excluding hydrogens is 646 g/mol. The average Bonchev–Trinajstić information content (AvgIpc) is 3.65. The minimum absolute atomic E-state index is 0.112. The number of aliphatic hydroxyl groups is 1. The van der Waals surface area contributed by atoms with Crippen molar-refractivity contribution in [3.05, 3.63) is 97.9 Å². The summed E-state index contributed by atoms with van der Waals surface area (Å²) in [4.78, 5) is 28.2. The lowest BCUT2D eigenvalue weighted by molar-refractivity contribution is -0.117. The fraction of sp³-hybridized carbons (Fsp3) is 0.394. The number of amides is 2. The second-order valence-corrected chi connectivity index (χ2v) is 13.0. The van der Waals surface area contributed by atoms with Crippen molar-refractivity contribution in [2.45, 2.75) is 69.6 Å². The standard InChI is InChI=1S/C33H37Br2N3O3/c34-27-13-23(14-28(35)19-27)20-36-21-31(39)30(15-22-7-2-1-3-8-22)37-33(41)26-16-25(24-9-4-5-10-24)17-29(18-26)38-12-6-11-32(38)40/h1-3,7-8,13-14,16-19,24,30-31,36,39H,4-6,9-12,15,20-21H2,(H,37,41). The second-order valence-electron chi connectivity index (χ2n) is 11.2. The van der Waals surface area contributed by atoms with Crippen LogP contribution in [0.2, 0.25) is 0 Å². The van der Waals surface area contributed by atoms with Gasteiger partial charge in [0.25, 0.3) is 5.91 Å². The summed E-state index contributed by atoms with van der Waals surface area (Å²) >= 11 is 7.05. The molecule has 6 nitrogen and oxygen atoms in total. The summed E-state index contributed by atoms with van der Waals surface area (Å²) in [6.07, 6.45) is 5.66. The van der Waals surface area contributed by atoms with Crippen LogP contribution in [0.4, 0.5) is 5.69 Å². The Morgan fingerprint density at radius 3 is 2.37 bits per heavy atom. The number of nitrogens with one attached hydrogen (secondary N) is 2. The van der Waals surface area contributed by atoms with Gasteiger partial charge in [0.15, 0.2) is 0 Å². The molecule has 3 aromatic carbocycles. The third-order valence-electron chi connectivity index (χ3n) is 8.10. The number of nitrogens with zero attached hydrogens (tertiary/aromatic N) is 1. The number of benzene rings is 3. The van der Waals surface area contributed by atoms with Gasteiger partial charge in [-0.3, -0.25) is 9.59 Å². The molecule has 1 aliphatic heterocycles. The molecular formula is C33H37Br2N3O3. The van der Waals surface area contributed by atoms with Crippen molar-refractivity contribution in [1.82, 2.24) is 10.6 Å². The van der Waals surface area contributed by atoms with Gasteiger partial charge >= 0.3 is 0 Å². The average molecular weight is 683 g/mol. The Bertz CT molecular complexity index is 1340. The van der Waals surface area contributed by atoms with Crippen LogP contribution >= 0.6 is 31.9 Å². The quantitative estimate of drug-likeness (QED) is 0.216. The molecule has 5 rings (SSSR count). The smallest absolute Gasteiger partial charge is 0.251 e. The molecule has 8 heteroatoms. The Kier molecular flexibility index (Phi) is 10.3. The van der Waals surface area contributed by atoms with Crippen molar-refractivity contribution in [3.63, 3.8) is 0 Å². The molecule has 41 heavy (non-hydrogen) atoms. The lowest BCUT2D eigenvalue weighted by atomic mass is 9.94. The summed E-state index contributed by atoms with van der Waals surface area (Å²) in [5.41, 5.74) is 4.60. The number of hydrogen-bond acceptors (Lipinski definition) is 4. The van der Waals surface area contributed by atoms with Crippen LogP contribution in [0.5, 0.6) is 0 Å². The molecule has 0 bridgehead atoms. The van der Waals surface area contributed by atoms with Gasteiger partial charge in [-0.05, 0) is 84.7 Å². The Morgan fingerprint density at radius 1 is 0.951 bits per heavy atom. The van der Waals surface area contributed by atoms with E-state index in [-0.39, 0.29) is 11.8 Å². The van der Waals surface area contributed by atoms with Gasteiger partial charge in [-0.2, -0.15) is 0 Å². The summed E-state index contributed by atoms with van der Waals surface area (Å²) < 4.78 is 1.96. The Hall–Kier alpha value is -2.52. The predicted octanol–water partition coefficient (Wildman–Crippen LogP) is 6.49. The Balaban J connectivity index is 1.34. The van der Waals surface area contributed by atoms with Gasteiger partial charge in [0.05, 0.1) is 12.1 Å². The maximum Gasteiger partial charge on any atom is 0.251 e. The number of rotatable bonds is 11. The highest BCUT2D eigenvalue weighted by Crippen LogP contribution is 2.37. The molecule has 2 amide bonds. The molecule has 0 spiro atoms. The fourth-order valence-corrected chi connectivity index (χ4v) is 7.35. The lowest BCUT2D eigenvalue weighted by Gasteiger charge is -2.26. The topological polar surface area (TPSA) is 81.7 Å². The number of carbonyl (C=O) groups is 2. The highest BCUT2D eigenvalue weighted by atomic mass is 79.9. The third kappa shape index (κ3) is 8.07. The summed E-state index contributed by atoms with van der Waals surface area (Å²) in [6.45, 7) is 1.58. The maximum atomic E-state index is 13.8. The van der Waals surface area contributed by atoms with Gasteiger partial charge in [0.2, 0.25) is 5.91 Å². The number of anilines is 1. The monoisotopic (exact) mass is 681 g/mol. The molecule has 1 saturated heterocycles. The van der Waals surface area contributed by atoms with E-state index in [4.69, 9.17) is 0 Å². The molecule has 2 aliphatic rings. The van der Waals surface area contributed by atoms with Crippen LogP contribution < -0.4 is 15.5 Å². The highest BCUT2D eigenvalue weighted by Gasteiger charge is 2.27. The molecule has 3 aromatic rings. The Labute approximate surface area is 259 Å². The van der Waals surface area contributed by atoms with Crippen molar-refractivity contribution in [1.29, 1.82) is 0 Å². The molecule has 1 heterocycles. The van der Waals surface area contributed by atoms with Crippen molar-refractivity contribution in [3.8, 4) is 0 Å². The second kappa shape index (κ2) is 14.1. The molecule has 2 atom stereocenters. The van der Waals surface area contributed by atoms with Gasteiger partial charge < -0.3 is 20.6 Å². The molecule has 0 aromatic heterocycles. The zero-order valence-electron chi connectivity index (χ0n) is 23.1. The van der Waals surface area contributed by atoms with E-state index >= 15 is 0 Å². The van der Waals surface area contributed by atoms with Gasteiger partial charge in [0, 0.05) is 46.3 Å². The first kappa shape index (κ1) is 30.0. The minimum atomic E-state index is -0.813. The first-order valence-corrected chi connectivity index (χ1v) is 16.1. The number of carbonyl (C=O) groups excluding carboxylic acids is 2. The van der Waals surface area contributed by atoms with E-state index in [1.165, 1.54) is 12.8 Å². The summed E-state index contributed by atoms with van der Waals surface area (Å²) in [5.74, 6) is 0.293. The van der Waals surface area contributed by atoms with Crippen molar-refractivity contribution < 1.29 is 14.7 Å². The zero-order valence-corrected chi connectivity index (χ0v) is 26.3. The van der Waals surface area contributed by atoms with Crippen LogP contribution in [-0.4, -0.2) is 42.2 Å². The van der Waals surface area contributed by atoms with Crippen molar-refractivity contribution >= 4 is 49.4 Å². The van der Waals surface area contributed by atoms with E-state index in [2.05, 4.69) is 48.6 Å². The molecule has 1 aliphatic carbocycles. The minimum Gasteiger partial charge on any atom is -0.390 e. The molecule has 1 saturated carbocycles. The van der Waals surface area contributed by atoms with Crippen molar-refractivity contribution in [2.24, 2.45) is 0 Å². The van der Waals surface area contributed by atoms with Crippen LogP contribution in [0.25, 0.3) is 0 Å². The number of aliphatic hydroxyl groups excluding tert-OH is 1. The van der Waals surface area contributed by atoms with Gasteiger partial charge in [-0.15, -0.1) is 0 Å². The molecule has 0 radical (unpaired) electrons. The van der Waals surface area contributed by atoms with E-state index in [9.17, 15) is 14.7 Å². The number of halogens is 2. The van der Waals surface area contributed by atoms with Crippen LogP contribution in [0, 0.1) is 0 Å². The van der Waals surface area contributed by atoms with Crippen LogP contribution in [0.15, 0.2) is 75.7 Å². The molecule has 2 unspecified atom stereocenters. The fourth-order valence-electron chi connectivity index (χ4n) is 5.96. The van der Waals surface area contributed by atoms with E-state index in [1.54, 1.807) is 0 Å². The normalized spacial score (nSPS) is 17.1. The summed E-state index contributed by atoms with van der Waals surface area (Å²) in [6, 6.07) is 21.4. The molecule has 216 valence electrons. The van der Waals surface area contributed by atoms with E-state index in [0.29, 0.717) is 44.0 Å². The highest BCUT2D eigenvalue weighted by molar-refractivity contribution is 9.11. The van der Waals surface area contributed by atoms with Crippen LogP contribution in [-0.2, 0) is 17.8 Å². The van der Waals surface area contributed by atoms with Gasteiger partial charge in [-0.25, -0.2) is 0 Å². The number of hydrogen-bond donors (Lipinski definition) is 3. The van der Waals surface area contributed by atoms with Gasteiger partial charge in [0.1, 0.15) is 0 Å². The molecule has 2 fully saturated rings. The van der Waals surface area contributed by atoms with Gasteiger partial charge in [-0.1, -0.05) is 75.0 Å². The SMILES string of the molecule is O=C(NC(Cc1ccccc1)C(O)CNCc1cc(Br)cc(Br)c1)c1cc(C2CCCC2)cc(N2CCCC2=O)c1. The summed E-state index contributed by atoms with van der Waals surface area (Å²) in [7, 11) is 0. The summed E-state index contributed by atoms with van der Waals surface area (Å²) in [5, 5.41) is 17.8. The lowest BCUT2D eigenvalue weighted by Crippen LogP contribution is -2.48. The maximum absolute atomic E-state index is 13.8. The predicted molar refractivity (Wildman–Crippen MR) is 170 cm³/mol. The van der Waals surface area contributed by atoms with E-state index in [0.717, 1.165) is 50.6 Å². The first-order valence-electron chi connectivity index (χ1n) is 14.5. The molecule has 3 N–H and O–H groups in total. The third-order valence-corrected chi connectivity index (χ3v) is 9.01. The first-order chi connectivity index (χ1) is 19.9.